The summed E-state index contributed by atoms with van der Waals surface area (Å²) in [7, 11) is 1.56. The van der Waals surface area contributed by atoms with Crippen molar-refractivity contribution in [1.82, 2.24) is 10.2 Å². The maximum Gasteiger partial charge on any atom is 0.256 e. The molecule has 6 nitrogen and oxygen atoms in total. The van der Waals surface area contributed by atoms with Crippen molar-refractivity contribution in [3.8, 4) is 5.75 Å². The van der Waals surface area contributed by atoms with Crippen LogP contribution in [0.5, 0.6) is 5.75 Å². The fourth-order valence-electron chi connectivity index (χ4n) is 2.27. The van der Waals surface area contributed by atoms with E-state index in [2.05, 4.69) is 20.8 Å². The van der Waals surface area contributed by atoms with Gasteiger partial charge in [0.15, 0.2) is 11.6 Å². The average Bonchev–Trinajstić information content (AvgIpc) is 2.65. The van der Waals surface area contributed by atoms with E-state index in [1.807, 2.05) is 31.2 Å². The summed E-state index contributed by atoms with van der Waals surface area (Å²) in [6.07, 6.45) is 0. The number of aryl methyl sites for hydroxylation is 1. The third kappa shape index (κ3) is 4.11. The quantitative estimate of drug-likeness (QED) is 0.742. The third-order valence-electron chi connectivity index (χ3n) is 3.65. The molecule has 2 aromatic carbocycles. The van der Waals surface area contributed by atoms with Crippen LogP contribution in [-0.2, 0) is 0 Å². The van der Waals surface area contributed by atoms with Gasteiger partial charge >= 0.3 is 0 Å². The van der Waals surface area contributed by atoms with Crippen LogP contribution >= 0.6 is 0 Å². The number of hydrogen-bond donors (Lipinski definition) is 2. The highest BCUT2D eigenvalue weighted by Crippen LogP contribution is 2.19. The van der Waals surface area contributed by atoms with Crippen molar-refractivity contribution in [2.24, 2.45) is 0 Å². The van der Waals surface area contributed by atoms with E-state index >= 15 is 0 Å². The van der Waals surface area contributed by atoms with E-state index < -0.39 is 0 Å². The number of ether oxygens (including phenoxy) is 1. The number of para-hydroxylation sites is 1. The van der Waals surface area contributed by atoms with E-state index in [4.69, 9.17) is 4.74 Å². The van der Waals surface area contributed by atoms with Gasteiger partial charge in [-0.3, -0.25) is 4.79 Å². The molecule has 2 N–H and O–H groups in total. The lowest BCUT2D eigenvalue weighted by atomic mass is 10.2. The second-order valence-corrected chi connectivity index (χ2v) is 5.43. The first-order valence-corrected chi connectivity index (χ1v) is 7.77. The molecule has 0 bridgehead atoms. The molecular formula is C19H18N4O2. The van der Waals surface area contributed by atoms with Gasteiger partial charge in [-0.1, -0.05) is 24.3 Å². The summed E-state index contributed by atoms with van der Waals surface area (Å²) in [4.78, 5) is 12.3. The Labute approximate surface area is 145 Å². The maximum absolute atomic E-state index is 12.3. The van der Waals surface area contributed by atoms with Crippen LogP contribution in [0.3, 0.4) is 0 Å². The number of hydrogen-bond acceptors (Lipinski definition) is 5. The molecule has 0 fully saturated rings. The second-order valence-electron chi connectivity index (χ2n) is 5.43. The monoisotopic (exact) mass is 334 g/mol. The van der Waals surface area contributed by atoms with Crippen molar-refractivity contribution in [3.63, 3.8) is 0 Å². The minimum absolute atomic E-state index is 0.271. The van der Waals surface area contributed by atoms with Crippen LogP contribution in [0, 0.1) is 6.92 Å². The Balaban J connectivity index is 1.68. The van der Waals surface area contributed by atoms with Crippen LogP contribution in [-0.4, -0.2) is 23.2 Å². The lowest BCUT2D eigenvalue weighted by molar-refractivity contribution is 0.102. The molecular weight excluding hydrogens is 316 g/mol. The smallest absolute Gasteiger partial charge is 0.256 e. The van der Waals surface area contributed by atoms with Gasteiger partial charge in [-0.25, -0.2) is 0 Å². The first kappa shape index (κ1) is 16.4. The maximum atomic E-state index is 12.3. The Morgan fingerprint density at radius 3 is 2.44 bits per heavy atom. The molecule has 0 spiro atoms. The normalized spacial score (nSPS) is 10.2. The number of carbonyl (C=O) groups is 1. The summed E-state index contributed by atoms with van der Waals surface area (Å²) in [6, 6.07) is 18.3. The fraction of sp³-hybridized carbons (Fsp3) is 0.105. The molecule has 0 radical (unpaired) electrons. The fourth-order valence-corrected chi connectivity index (χ4v) is 2.27. The van der Waals surface area contributed by atoms with E-state index in [1.54, 1.807) is 43.5 Å². The highest BCUT2D eigenvalue weighted by molar-refractivity contribution is 6.03. The second kappa shape index (κ2) is 7.44. The van der Waals surface area contributed by atoms with Gasteiger partial charge in [0.1, 0.15) is 5.75 Å². The lowest BCUT2D eigenvalue weighted by Gasteiger charge is -2.09. The van der Waals surface area contributed by atoms with Crippen molar-refractivity contribution in [1.29, 1.82) is 0 Å². The Bertz CT molecular complexity index is 879. The van der Waals surface area contributed by atoms with Gasteiger partial charge < -0.3 is 15.4 Å². The number of rotatable bonds is 5. The highest BCUT2D eigenvalue weighted by Gasteiger charge is 2.08. The van der Waals surface area contributed by atoms with Gasteiger partial charge in [-0.15, -0.1) is 10.2 Å². The Morgan fingerprint density at radius 1 is 0.960 bits per heavy atom. The first-order chi connectivity index (χ1) is 12.2. The van der Waals surface area contributed by atoms with Gasteiger partial charge in [-0.05, 0) is 48.9 Å². The average molecular weight is 334 g/mol. The summed E-state index contributed by atoms with van der Waals surface area (Å²) in [6.45, 7) is 2.01. The van der Waals surface area contributed by atoms with Crippen molar-refractivity contribution >= 4 is 23.2 Å². The molecule has 1 aromatic heterocycles. The number of nitrogens with zero attached hydrogens (tertiary/aromatic N) is 2. The van der Waals surface area contributed by atoms with Crippen LogP contribution < -0.4 is 15.4 Å². The molecule has 0 saturated carbocycles. The molecule has 0 unspecified atom stereocenters. The molecule has 126 valence electrons. The number of carbonyl (C=O) groups excluding carboxylic acids is 1. The summed E-state index contributed by atoms with van der Waals surface area (Å²) in [5.74, 6) is 1.33. The van der Waals surface area contributed by atoms with Crippen molar-refractivity contribution in [3.05, 3.63) is 71.8 Å². The van der Waals surface area contributed by atoms with Gasteiger partial charge in [0, 0.05) is 11.3 Å². The number of amides is 1. The Kier molecular flexibility index (Phi) is 4.89. The molecule has 0 aliphatic rings. The molecule has 25 heavy (non-hydrogen) atoms. The lowest BCUT2D eigenvalue weighted by Crippen LogP contribution is -2.13. The van der Waals surface area contributed by atoms with Gasteiger partial charge in [0.2, 0.25) is 0 Å². The topological polar surface area (TPSA) is 76.1 Å². The Hall–Kier alpha value is -3.41. The molecule has 1 heterocycles. The van der Waals surface area contributed by atoms with E-state index in [-0.39, 0.29) is 5.91 Å². The number of methoxy groups -OCH3 is 1. The van der Waals surface area contributed by atoms with Crippen molar-refractivity contribution in [2.45, 2.75) is 6.92 Å². The molecule has 0 aliphatic carbocycles. The predicted octanol–water partition coefficient (Wildman–Crippen LogP) is 3.79. The molecule has 0 aliphatic heterocycles. The van der Waals surface area contributed by atoms with E-state index in [0.29, 0.717) is 22.9 Å². The highest BCUT2D eigenvalue weighted by atomic mass is 16.5. The summed E-state index contributed by atoms with van der Waals surface area (Å²) >= 11 is 0. The summed E-state index contributed by atoms with van der Waals surface area (Å²) in [5, 5.41) is 14.0. The van der Waals surface area contributed by atoms with Gasteiger partial charge in [0.25, 0.3) is 5.91 Å². The molecule has 0 atom stereocenters. The van der Waals surface area contributed by atoms with Crippen molar-refractivity contribution < 1.29 is 9.53 Å². The first-order valence-electron chi connectivity index (χ1n) is 7.77. The third-order valence-corrected chi connectivity index (χ3v) is 3.65. The summed E-state index contributed by atoms with van der Waals surface area (Å²) < 4.78 is 5.12. The molecule has 3 rings (SSSR count). The van der Waals surface area contributed by atoms with Crippen LogP contribution in [0.25, 0.3) is 0 Å². The van der Waals surface area contributed by atoms with Crippen LogP contribution in [0.15, 0.2) is 60.7 Å². The van der Waals surface area contributed by atoms with Crippen LogP contribution in [0.1, 0.15) is 15.9 Å². The zero-order chi connectivity index (χ0) is 17.6. The number of aromatic nitrogens is 2. The standard InChI is InChI=1S/C19H18N4O2/c1-13-6-3-4-9-16(13)20-17-10-11-18(23-22-17)21-19(24)14-7-5-8-15(12-14)25-2/h3-12H,1-2H3,(H,20,22)(H,21,23,24). The van der Waals surface area contributed by atoms with Crippen LogP contribution in [0.4, 0.5) is 17.3 Å². The zero-order valence-electron chi connectivity index (χ0n) is 14.0. The van der Waals surface area contributed by atoms with Crippen molar-refractivity contribution in [2.75, 3.05) is 17.7 Å². The molecule has 6 heteroatoms. The van der Waals surface area contributed by atoms with Gasteiger partial charge in [-0.2, -0.15) is 0 Å². The minimum Gasteiger partial charge on any atom is -0.497 e. The summed E-state index contributed by atoms with van der Waals surface area (Å²) in [5.41, 5.74) is 2.56. The largest absolute Gasteiger partial charge is 0.497 e. The number of anilines is 3. The zero-order valence-corrected chi connectivity index (χ0v) is 14.0. The Morgan fingerprint density at radius 2 is 1.72 bits per heavy atom. The minimum atomic E-state index is -0.271. The molecule has 1 amide bonds. The number of benzene rings is 2. The van der Waals surface area contributed by atoms with Gasteiger partial charge in [0.05, 0.1) is 7.11 Å². The molecule has 0 saturated heterocycles. The van der Waals surface area contributed by atoms with Crippen LogP contribution in [0.2, 0.25) is 0 Å². The number of nitrogens with one attached hydrogen (secondary N) is 2. The van der Waals surface area contributed by atoms with E-state index in [0.717, 1.165) is 11.3 Å². The van der Waals surface area contributed by atoms with E-state index in [1.165, 1.54) is 0 Å². The molecule has 3 aromatic rings. The SMILES string of the molecule is COc1cccc(C(=O)Nc2ccc(Nc3ccccc3C)nn2)c1. The predicted molar refractivity (Wildman–Crippen MR) is 97.4 cm³/mol. The van der Waals surface area contributed by atoms with E-state index in [9.17, 15) is 4.79 Å².